The molecule has 3 aromatic rings. The topological polar surface area (TPSA) is 69.8 Å². The van der Waals surface area contributed by atoms with Gasteiger partial charge in [0.1, 0.15) is 0 Å². The van der Waals surface area contributed by atoms with E-state index in [-0.39, 0.29) is 11.8 Å². The molecule has 0 aliphatic carbocycles. The lowest BCUT2D eigenvalue weighted by atomic mass is 9.92. The van der Waals surface area contributed by atoms with Crippen molar-refractivity contribution in [2.45, 2.75) is 25.3 Å². The molecule has 0 saturated heterocycles. The van der Waals surface area contributed by atoms with Gasteiger partial charge >= 0.3 is 0 Å². The maximum atomic E-state index is 12.7. The maximum absolute atomic E-state index is 12.7. The van der Waals surface area contributed by atoms with Gasteiger partial charge in [-0.2, -0.15) is 5.10 Å². The molecule has 0 saturated carbocycles. The molecule has 2 aromatic carbocycles. The average Bonchev–Trinajstić information content (AvgIpc) is 3.16. The lowest BCUT2D eigenvalue weighted by Gasteiger charge is -2.19. The van der Waals surface area contributed by atoms with E-state index in [1.807, 2.05) is 24.3 Å². The molecule has 1 unspecified atom stereocenters. The van der Waals surface area contributed by atoms with Crippen molar-refractivity contribution in [2.75, 3.05) is 13.1 Å². The Morgan fingerprint density at radius 3 is 2.59 bits per heavy atom. The van der Waals surface area contributed by atoms with Crippen LogP contribution in [0.1, 0.15) is 38.8 Å². The largest absolute Gasteiger partial charge is 0.350 e. The average molecular weight is 360 g/mol. The fourth-order valence-corrected chi connectivity index (χ4v) is 3.64. The summed E-state index contributed by atoms with van der Waals surface area (Å²) in [4.78, 5) is 12.7. The number of carbonyl (C=O) groups is 1. The monoisotopic (exact) mass is 360 g/mol. The number of amides is 1. The molecule has 5 heteroatoms. The van der Waals surface area contributed by atoms with E-state index in [9.17, 15) is 4.79 Å². The summed E-state index contributed by atoms with van der Waals surface area (Å²) in [6.45, 7) is 2.19. The second-order valence-electron chi connectivity index (χ2n) is 6.96. The normalized spacial score (nSPS) is 14.4. The summed E-state index contributed by atoms with van der Waals surface area (Å²) >= 11 is 0. The molecular formula is C22H24N4O. The van der Waals surface area contributed by atoms with Crippen LogP contribution in [0.15, 0.2) is 60.7 Å². The Morgan fingerprint density at radius 1 is 1.07 bits per heavy atom. The van der Waals surface area contributed by atoms with Crippen LogP contribution in [-0.4, -0.2) is 29.2 Å². The van der Waals surface area contributed by atoms with E-state index in [4.69, 9.17) is 0 Å². The van der Waals surface area contributed by atoms with E-state index < -0.39 is 0 Å². The number of hydrogen-bond donors (Lipinski definition) is 3. The first-order valence-corrected chi connectivity index (χ1v) is 9.45. The van der Waals surface area contributed by atoms with Gasteiger partial charge in [0.2, 0.25) is 0 Å². The number of H-pyrrole nitrogens is 1. The molecule has 1 aliphatic rings. The van der Waals surface area contributed by atoms with Gasteiger partial charge in [-0.25, -0.2) is 0 Å². The Hall–Kier alpha value is -2.92. The second kappa shape index (κ2) is 8.18. The van der Waals surface area contributed by atoms with Gasteiger partial charge in [0.15, 0.2) is 5.69 Å². The van der Waals surface area contributed by atoms with Crippen LogP contribution < -0.4 is 10.6 Å². The van der Waals surface area contributed by atoms with Gasteiger partial charge in [-0.05, 0) is 17.5 Å². The van der Waals surface area contributed by atoms with Crippen LogP contribution in [0.3, 0.4) is 0 Å². The molecule has 2 heterocycles. The van der Waals surface area contributed by atoms with Crippen LogP contribution in [-0.2, 0) is 19.4 Å². The minimum atomic E-state index is -0.106. The minimum Gasteiger partial charge on any atom is -0.350 e. The molecule has 1 aliphatic heterocycles. The molecule has 0 radical (unpaired) electrons. The number of aromatic nitrogens is 2. The summed E-state index contributed by atoms with van der Waals surface area (Å²) in [5.41, 5.74) is 5.08. The Labute approximate surface area is 159 Å². The third kappa shape index (κ3) is 4.09. The summed E-state index contributed by atoms with van der Waals surface area (Å²) in [5, 5.41) is 13.7. The Bertz CT molecular complexity index is 889. The molecule has 0 fully saturated rings. The zero-order chi connectivity index (χ0) is 18.5. The van der Waals surface area contributed by atoms with Gasteiger partial charge in [0.05, 0.1) is 0 Å². The Balaban J connectivity index is 1.48. The molecule has 0 spiro atoms. The van der Waals surface area contributed by atoms with E-state index in [0.29, 0.717) is 18.8 Å². The molecule has 0 bridgehead atoms. The molecule has 1 amide bonds. The molecule has 4 rings (SSSR count). The zero-order valence-electron chi connectivity index (χ0n) is 15.2. The lowest BCUT2D eigenvalue weighted by Crippen LogP contribution is -2.31. The quantitative estimate of drug-likeness (QED) is 0.633. The van der Waals surface area contributed by atoms with Crippen molar-refractivity contribution in [1.29, 1.82) is 0 Å². The second-order valence-corrected chi connectivity index (χ2v) is 6.96. The van der Waals surface area contributed by atoms with E-state index in [1.165, 1.54) is 11.1 Å². The van der Waals surface area contributed by atoms with Crippen LogP contribution in [0.5, 0.6) is 0 Å². The Kier molecular flexibility index (Phi) is 5.30. The van der Waals surface area contributed by atoms with E-state index in [2.05, 4.69) is 57.2 Å². The lowest BCUT2D eigenvalue weighted by molar-refractivity contribution is 0.0945. The van der Waals surface area contributed by atoms with E-state index in [0.717, 1.165) is 30.6 Å². The van der Waals surface area contributed by atoms with Gasteiger partial charge in [-0.15, -0.1) is 0 Å². The SMILES string of the molecule is O=C(NCC(Cc1ccccc1)c1ccccc1)c1n[nH]c2c1CNCC2. The predicted octanol–water partition coefficient (Wildman–Crippen LogP) is 2.81. The number of carbonyl (C=O) groups excluding carboxylic acids is 1. The standard InChI is InChI=1S/C22H24N4O/c27-22(21-19-15-23-12-11-20(19)25-26-21)24-14-18(17-9-5-2-6-10-17)13-16-7-3-1-4-8-16/h1-10,18,23H,11-15H2,(H,24,27)(H,25,26). The first-order chi connectivity index (χ1) is 13.3. The fraction of sp³-hybridized carbons (Fsp3) is 0.273. The number of nitrogens with one attached hydrogen (secondary N) is 3. The molecule has 3 N–H and O–H groups in total. The summed E-state index contributed by atoms with van der Waals surface area (Å²) in [7, 11) is 0. The summed E-state index contributed by atoms with van der Waals surface area (Å²) in [6.07, 6.45) is 1.77. The van der Waals surface area contributed by atoms with Crippen molar-refractivity contribution in [1.82, 2.24) is 20.8 Å². The summed E-state index contributed by atoms with van der Waals surface area (Å²) in [5.74, 6) is 0.107. The molecule has 27 heavy (non-hydrogen) atoms. The van der Waals surface area contributed by atoms with E-state index in [1.54, 1.807) is 0 Å². The van der Waals surface area contributed by atoms with Crippen molar-refractivity contribution in [2.24, 2.45) is 0 Å². The van der Waals surface area contributed by atoms with Crippen LogP contribution in [0, 0.1) is 0 Å². The maximum Gasteiger partial charge on any atom is 0.272 e. The van der Waals surface area contributed by atoms with Crippen molar-refractivity contribution in [3.8, 4) is 0 Å². The first-order valence-electron chi connectivity index (χ1n) is 9.45. The van der Waals surface area contributed by atoms with Crippen LogP contribution >= 0.6 is 0 Å². The van der Waals surface area contributed by atoms with Gasteiger partial charge < -0.3 is 10.6 Å². The number of hydrogen-bond acceptors (Lipinski definition) is 3. The van der Waals surface area contributed by atoms with Crippen LogP contribution in [0.25, 0.3) is 0 Å². The Morgan fingerprint density at radius 2 is 1.81 bits per heavy atom. The molecule has 1 aromatic heterocycles. The molecule has 138 valence electrons. The van der Waals surface area contributed by atoms with Crippen molar-refractivity contribution in [3.63, 3.8) is 0 Å². The smallest absolute Gasteiger partial charge is 0.272 e. The summed E-state index contributed by atoms with van der Waals surface area (Å²) in [6, 6.07) is 20.8. The first kappa shape index (κ1) is 17.5. The number of fused-ring (bicyclic) bond motifs is 1. The van der Waals surface area contributed by atoms with Crippen LogP contribution in [0.2, 0.25) is 0 Å². The highest BCUT2D eigenvalue weighted by molar-refractivity contribution is 5.94. The number of rotatable bonds is 6. The highest BCUT2D eigenvalue weighted by Gasteiger charge is 2.22. The molecule has 5 nitrogen and oxygen atoms in total. The predicted molar refractivity (Wildman–Crippen MR) is 106 cm³/mol. The summed E-state index contributed by atoms with van der Waals surface area (Å²) < 4.78 is 0. The van der Waals surface area contributed by atoms with Crippen molar-refractivity contribution in [3.05, 3.63) is 88.7 Å². The van der Waals surface area contributed by atoms with Crippen LogP contribution in [0.4, 0.5) is 0 Å². The number of benzene rings is 2. The third-order valence-corrected chi connectivity index (χ3v) is 5.13. The zero-order valence-corrected chi connectivity index (χ0v) is 15.2. The highest BCUT2D eigenvalue weighted by Crippen LogP contribution is 2.21. The number of nitrogens with zero attached hydrogens (tertiary/aromatic N) is 1. The van der Waals surface area contributed by atoms with E-state index >= 15 is 0 Å². The highest BCUT2D eigenvalue weighted by atomic mass is 16.1. The van der Waals surface area contributed by atoms with Gasteiger partial charge in [-0.3, -0.25) is 9.89 Å². The fourth-order valence-electron chi connectivity index (χ4n) is 3.64. The van der Waals surface area contributed by atoms with Gasteiger partial charge in [0.25, 0.3) is 5.91 Å². The van der Waals surface area contributed by atoms with Gasteiger partial charge in [0, 0.05) is 43.2 Å². The van der Waals surface area contributed by atoms with Gasteiger partial charge in [-0.1, -0.05) is 60.7 Å². The molecule has 1 atom stereocenters. The van der Waals surface area contributed by atoms with Crippen molar-refractivity contribution < 1.29 is 4.79 Å². The minimum absolute atomic E-state index is 0.106. The molecular weight excluding hydrogens is 336 g/mol. The van der Waals surface area contributed by atoms with Crippen molar-refractivity contribution >= 4 is 5.91 Å². The number of aromatic amines is 1. The third-order valence-electron chi connectivity index (χ3n) is 5.13.